The van der Waals surface area contributed by atoms with Gasteiger partial charge >= 0.3 is 0 Å². The van der Waals surface area contributed by atoms with Crippen molar-refractivity contribution in [3.63, 3.8) is 0 Å². The van der Waals surface area contributed by atoms with Crippen molar-refractivity contribution >= 4 is 16.7 Å². The molecule has 1 aliphatic rings. The molecule has 2 heterocycles. The summed E-state index contributed by atoms with van der Waals surface area (Å²) in [6.07, 6.45) is 4.43. The molecule has 1 amide bonds. The zero-order valence-electron chi connectivity index (χ0n) is 16.3. The van der Waals surface area contributed by atoms with Gasteiger partial charge in [-0.2, -0.15) is 5.10 Å². The molecule has 1 fully saturated rings. The van der Waals surface area contributed by atoms with Crippen molar-refractivity contribution in [2.24, 2.45) is 0 Å². The highest BCUT2D eigenvalue weighted by molar-refractivity contribution is 5.86. The maximum absolute atomic E-state index is 12.6. The van der Waals surface area contributed by atoms with E-state index in [4.69, 9.17) is 0 Å². The van der Waals surface area contributed by atoms with Gasteiger partial charge in [0.05, 0.1) is 12.2 Å². The predicted octanol–water partition coefficient (Wildman–Crippen LogP) is 3.42. The van der Waals surface area contributed by atoms with Crippen LogP contribution in [0.3, 0.4) is 0 Å². The minimum atomic E-state index is 0.171. The molecule has 1 aromatic heterocycles. The summed E-state index contributed by atoms with van der Waals surface area (Å²) in [6, 6.07) is 14.8. The van der Waals surface area contributed by atoms with Crippen molar-refractivity contribution in [3.05, 3.63) is 78.1 Å². The van der Waals surface area contributed by atoms with E-state index in [9.17, 15) is 4.79 Å². The Morgan fingerprint density at radius 3 is 2.89 bits per heavy atom. The van der Waals surface area contributed by atoms with Gasteiger partial charge in [0.2, 0.25) is 5.91 Å². The number of fused-ring (bicyclic) bond motifs is 1. The lowest BCUT2D eigenvalue weighted by molar-refractivity contribution is -0.128. The smallest absolute Gasteiger partial charge is 0.224 e. The first kappa shape index (κ1) is 18.4. The van der Waals surface area contributed by atoms with Gasteiger partial charge in [0.15, 0.2) is 0 Å². The summed E-state index contributed by atoms with van der Waals surface area (Å²) in [4.78, 5) is 14.5. The molecule has 0 unspecified atom stereocenters. The first-order valence-corrected chi connectivity index (χ1v) is 9.75. The Morgan fingerprint density at radius 2 is 2.04 bits per heavy atom. The Morgan fingerprint density at radius 1 is 1.21 bits per heavy atom. The lowest BCUT2D eigenvalue weighted by Gasteiger charge is -2.18. The predicted molar refractivity (Wildman–Crippen MR) is 112 cm³/mol. The van der Waals surface area contributed by atoms with Crippen LogP contribution in [0.25, 0.3) is 10.8 Å². The summed E-state index contributed by atoms with van der Waals surface area (Å²) in [5.74, 6) is 0.213. The number of likely N-dealkylation sites (tertiary alicyclic amines) is 1. The summed E-state index contributed by atoms with van der Waals surface area (Å²) in [5, 5.41) is 10.5. The topological polar surface area (TPSA) is 50.2 Å². The number of nitrogens with zero attached hydrogens (tertiary/aromatic N) is 3. The molecule has 4 rings (SSSR count). The van der Waals surface area contributed by atoms with E-state index in [1.807, 2.05) is 28.6 Å². The summed E-state index contributed by atoms with van der Waals surface area (Å²) in [6.45, 7) is 8.61. The fraction of sp³-hybridized carbons (Fsp3) is 0.304. The molecule has 0 bridgehead atoms. The molecule has 3 aromatic rings. The average Bonchev–Trinajstić information content (AvgIpc) is 3.22. The van der Waals surface area contributed by atoms with Crippen LogP contribution in [0.5, 0.6) is 0 Å². The van der Waals surface area contributed by atoms with Gasteiger partial charge < -0.3 is 10.2 Å². The third-order valence-corrected chi connectivity index (χ3v) is 5.40. The summed E-state index contributed by atoms with van der Waals surface area (Å²) in [7, 11) is 0. The summed E-state index contributed by atoms with van der Waals surface area (Å²) < 4.78 is 1.89. The van der Waals surface area contributed by atoms with Crippen molar-refractivity contribution in [2.75, 3.05) is 6.54 Å². The largest absolute Gasteiger partial charge is 0.337 e. The molecule has 1 saturated heterocycles. The number of aryl methyl sites for hydroxylation is 1. The van der Waals surface area contributed by atoms with E-state index in [2.05, 4.69) is 59.6 Å². The van der Waals surface area contributed by atoms with E-state index < -0.39 is 0 Å². The van der Waals surface area contributed by atoms with Gasteiger partial charge in [0.1, 0.15) is 0 Å². The molecule has 5 heteroatoms. The van der Waals surface area contributed by atoms with Gasteiger partial charge in [-0.05, 0) is 23.3 Å². The number of hydrogen-bond acceptors (Lipinski definition) is 3. The van der Waals surface area contributed by atoms with Gasteiger partial charge in [-0.25, -0.2) is 0 Å². The molecule has 0 aliphatic carbocycles. The van der Waals surface area contributed by atoms with Gasteiger partial charge in [-0.1, -0.05) is 48.5 Å². The Kier molecular flexibility index (Phi) is 5.26. The SMILES string of the molecule is C=CCn1cc(CN[C@H]2CC(=O)N(Cc3cccc4ccccc34)C2)c(C)n1. The highest BCUT2D eigenvalue weighted by Gasteiger charge is 2.29. The molecule has 0 radical (unpaired) electrons. The van der Waals surface area contributed by atoms with Gasteiger partial charge in [0.25, 0.3) is 0 Å². The first-order valence-electron chi connectivity index (χ1n) is 9.75. The lowest BCUT2D eigenvalue weighted by atomic mass is 10.0. The first-order chi connectivity index (χ1) is 13.6. The number of carbonyl (C=O) groups excluding carboxylic acids is 1. The molecule has 1 atom stereocenters. The van der Waals surface area contributed by atoms with Crippen LogP contribution >= 0.6 is 0 Å². The molecule has 1 N–H and O–H groups in total. The van der Waals surface area contributed by atoms with Gasteiger partial charge in [0, 0.05) is 43.9 Å². The van der Waals surface area contributed by atoms with Crippen molar-refractivity contribution in [2.45, 2.75) is 39.0 Å². The molecule has 2 aromatic carbocycles. The number of allylic oxidation sites excluding steroid dienone is 1. The lowest BCUT2D eigenvalue weighted by Crippen LogP contribution is -2.32. The van der Waals surface area contributed by atoms with E-state index in [0.29, 0.717) is 19.5 Å². The van der Waals surface area contributed by atoms with E-state index in [1.165, 1.54) is 21.9 Å². The van der Waals surface area contributed by atoms with Crippen LogP contribution in [-0.2, 0) is 24.4 Å². The Balaban J connectivity index is 1.39. The van der Waals surface area contributed by atoms with Crippen molar-refractivity contribution in [3.8, 4) is 0 Å². The highest BCUT2D eigenvalue weighted by Crippen LogP contribution is 2.22. The molecule has 1 aliphatic heterocycles. The van der Waals surface area contributed by atoms with Crippen LogP contribution in [0.2, 0.25) is 0 Å². The molecule has 144 valence electrons. The number of rotatable bonds is 7. The molecule has 28 heavy (non-hydrogen) atoms. The van der Waals surface area contributed by atoms with E-state index >= 15 is 0 Å². The third kappa shape index (κ3) is 3.85. The second-order valence-corrected chi connectivity index (χ2v) is 7.44. The Bertz CT molecular complexity index is 1000. The highest BCUT2D eigenvalue weighted by atomic mass is 16.2. The molecule has 0 saturated carbocycles. The Hall–Kier alpha value is -2.92. The van der Waals surface area contributed by atoms with Crippen LogP contribution in [0.15, 0.2) is 61.3 Å². The third-order valence-electron chi connectivity index (χ3n) is 5.40. The van der Waals surface area contributed by atoms with Crippen molar-refractivity contribution in [1.82, 2.24) is 20.0 Å². The van der Waals surface area contributed by atoms with Gasteiger partial charge in [-0.15, -0.1) is 6.58 Å². The summed E-state index contributed by atoms with van der Waals surface area (Å²) in [5.41, 5.74) is 3.39. The molecular formula is C23H26N4O. The van der Waals surface area contributed by atoms with Crippen molar-refractivity contribution < 1.29 is 4.79 Å². The normalized spacial score (nSPS) is 16.8. The van der Waals surface area contributed by atoms with E-state index in [1.54, 1.807) is 0 Å². The van der Waals surface area contributed by atoms with Crippen LogP contribution in [0.4, 0.5) is 0 Å². The molecule has 0 spiro atoms. The zero-order valence-corrected chi connectivity index (χ0v) is 16.3. The quantitative estimate of drug-likeness (QED) is 0.645. The number of carbonyl (C=O) groups is 1. The van der Waals surface area contributed by atoms with E-state index in [-0.39, 0.29) is 11.9 Å². The minimum Gasteiger partial charge on any atom is -0.337 e. The average molecular weight is 374 g/mol. The van der Waals surface area contributed by atoms with Crippen LogP contribution in [0, 0.1) is 6.92 Å². The number of benzene rings is 2. The zero-order chi connectivity index (χ0) is 19.5. The number of hydrogen-bond donors (Lipinski definition) is 1. The number of nitrogens with one attached hydrogen (secondary N) is 1. The van der Waals surface area contributed by atoms with Crippen LogP contribution in [-0.4, -0.2) is 33.2 Å². The second kappa shape index (κ2) is 7.98. The van der Waals surface area contributed by atoms with Gasteiger partial charge in [-0.3, -0.25) is 9.48 Å². The Labute approximate surface area is 165 Å². The maximum atomic E-state index is 12.6. The maximum Gasteiger partial charge on any atom is 0.224 e. The monoisotopic (exact) mass is 374 g/mol. The second-order valence-electron chi connectivity index (χ2n) is 7.44. The van der Waals surface area contributed by atoms with E-state index in [0.717, 1.165) is 18.8 Å². The molecular weight excluding hydrogens is 348 g/mol. The van der Waals surface area contributed by atoms with Crippen molar-refractivity contribution in [1.29, 1.82) is 0 Å². The number of aromatic nitrogens is 2. The standard InChI is InChI=1S/C23H26N4O/c1-3-11-27-15-20(17(2)25-27)13-24-21-12-23(28)26(16-21)14-19-9-6-8-18-7-4-5-10-22(18)19/h3-10,15,21,24H,1,11-14,16H2,2H3/t21-/m0/s1. The minimum absolute atomic E-state index is 0.171. The van der Waals surface area contributed by atoms with Crippen LogP contribution < -0.4 is 5.32 Å². The fourth-order valence-corrected chi connectivity index (χ4v) is 3.91. The van der Waals surface area contributed by atoms with Crippen LogP contribution in [0.1, 0.15) is 23.2 Å². The molecule has 5 nitrogen and oxygen atoms in total. The summed E-state index contributed by atoms with van der Waals surface area (Å²) >= 11 is 0. The fourth-order valence-electron chi connectivity index (χ4n) is 3.91. The number of amides is 1.